The second-order valence-electron chi connectivity index (χ2n) is 12.3. The maximum atomic E-state index is 14.0. The molecule has 0 saturated heterocycles. The number of rotatable bonds is 13. The van der Waals surface area contributed by atoms with Crippen LogP contribution < -0.4 is 14.2 Å². The first-order valence-electron chi connectivity index (χ1n) is 17.4. The normalized spacial score (nSPS) is 11.7. The zero-order chi connectivity index (χ0) is 38.5. The molecule has 7 aromatic rings. The van der Waals surface area contributed by atoms with E-state index in [0.717, 1.165) is 5.56 Å². The van der Waals surface area contributed by atoms with Crippen molar-refractivity contribution in [1.29, 1.82) is 0 Å². The minimum absolute atomic E-state index is 0.0401. The molecule has 55 heavy (non-hydrogen) atoms. The second-order valence-corrected chi connectivity index (χ2v) is 12.7. The van der Waals surface area contributed by atoms with Crippen LogP contribution >= 0.6 is 11.6 Å². The van der Waals surface area contributed by atoms with Crippen LogP contribution in [-0.4, -0.2) is 55.2 Å². The summed E-state index contributed by atoms with van der Waals surface area (Å²) in [4.78, 5) is 32.2. The molecule has 278 valence electrons. The van der Waals surface area contributed by atoms with Gasteiger partial charge in [-0.3, -0.25) is 0 Å². The average molecular weight is 760 g/mol. The number of carbonyl (C=O) groups is 1. The fourth-order valence-electron chi connectivity index (χ4n) is 6.17. The molecule has 0 spiro atoms. The van der Waals surface area contributed by atoms with E-state index in [4.69, 9.17) is 40.5 Å². The SMILES string of the molecule is CCOC(=O)[C@@H](Cc1ccccc1OCc1ccnc(-c2ccccc2OC)n1)Oc1nccc2nc(-c3ccc(F)cc3)c(-c3ccc(O)c(Cl)c3C)n12. The van der Waals surface area contributed by atoms with Gasteiger partial charge in [-0.2, -0.15) is 0 Å². The van der Waals surface area contributed by atoms with Gasteiger partial charge in [-0.25, -0.2) is 33.5 Å². The van der Waals surface area contributed by atoms with Gasteiger partial charge in [-0.1, -0.05) is 41.9 Å². The monoisotopic (exact) mass is 759 g/mol. The molecule has 0 fully saturated rings. The number of benzene rings is 4. The molecule has 3 aromatic heterocycles. The lowest BCUT2D eigenvalue weighted by molar-refractivity contribution is -0.151. The predicted molar refractivity (Wildman–Crippen MR) is 205 cm³/mol. The van der Waals surface area contributed by atoms with Crippen LogP contribution in [0.3, 0.4) is 0 Å². The van der Waals surface area contributed by atoms with E-state index in [-0.39, 0.29) is 36.4 Å². The summed E-state index contributed by atoms with van der Waals surface area (Å²) >= 11 is 6.53. The molecule has 0 aliphatic carbocycles. The predicted octanol–water partition coefficient (Wildman–Crippen LogP) is 8.47. The van der Waals surface area contributed by atoms with Gasteiger partial charge in [0.15, 0.2) is 5.82 Å². The van der Waals surface area contributed by atoms with Crippen LogP contribution in [0.15, 0.2) is 109 Å². The lowest BCUT2D eigenvalue weighted by Crippen LogP contribution is -2.32. The van der Waals surface area contributed by atoms with Crippen molar-refractivity contribution < 1.29 is 33.2 Å². The Hall–Kier alpha value is -6.53. The van der Waals surface area contributed by atoms with Crippen LogP contribution in [0.1, 0.15) is 23.7 Å². The first-order valence-corrected chi connectivity index (χ1v) is 17.7. The summed E-state index contributed by atoms with van der Waals surface area (Å²) < 4.78 is 39.4. The summed E-state index contributed by atoms with van der Waals surface area (Å²) in [6.45, 7) is 3.72. The number of esters is 1. The highest BCUT2D eigenvalue weighted by Crippen LogP contribution is 2.41. The van der Waals surface area contributed by atoms with Crippen molar-refractivity contribution in [3.63, 3.8) is 0 Å². The number of phenolic OH excluding ortho intramolecular Hbond substituents is 1. The maximum Gasteiger partial charge on any atom is 0.347 e. The molecule has 0 saturated carbocycles. The van der Waals surface area contributed by atoms with Crippen molar-refractivity contribution in [1.82, 2.24) is 24.3 Å². The number of methoxy groups -OCH3 is 1. The van der Waals surface area contributed by atoms with Gasteiger partial charge in [-0.05, 0) is 91.7 Å². The quantitative estimate of drug-likeness (QED) is 0.114. The Kier molecular flexibility index (Phi) is 10.9. The van der Waals surface area contributed by atoms with Crippen LogP contribution in [0.25, 0.3) is 39.5 Å². The van der Waals surface area contributed by atoms with E-state index in [9.17, 15) is 14.3 Å². The molecule has 0 amide bonds. The maximum absolute atomic E-state index is 14.0. The number of fused-ring (bicyclic) bond motifs is 1. The molecule has 1 atom stereocenters. The Bertz CT molecular complexity index is 2490. The van der Waals surface area contributed by atoms with Crippen molar-refractivity contribution in [3.05, 3.63) is 137 Å². The van der Waals surface area contributed by atoms with E-state index in [2.05, 4.69) is 9.97 Å². The molecular weight excluding hydrogens is 725 g/mol. The summed E-state index contributed by atoms with van der Waals surface area (Å²) in [6.07, 6.45) is 2.07. The highest BCUT2D eigenvalue weighted by molar-refractivity contribution is 6.33. The number of ether oxygens (including phenoxy) is 4. The van der Waals surface area contributed by atoms with E-state index in [1.807, 2.05) is 42.5 Å². The molecule has 3 heterocycles. The number of imidazole rings is 1. The number of nitrogens with zero attached hydrogens (tertiary/aromatic N) is 5. The molecule has 4 aromatic carbocycles. The molecule has 1 N–H and O–H groups in total. The fourth-order valence-corrected chi connectivity index (χ4v) is 6.34. The van der Waals surface area contributed by atoms with E-state index < -0.39 is 17.9 Å². The molecule has 0 radical (unpaired) electrons. The first kappa shape index (κ1) is 36.8. The van der Waals surface area contributed by atoms with Gasteiger partial charge in [0.1, 0.15) is 35.3 Å². The summed E-state index contributed by atoms with van der Waals surface area (Å²) in [5.74, 6) is 0.556. The van der Waals surface area contributed by atoms with E-state index >= 15 is 0 Å². The molecule has 0 aliphatic heterocycles. The highest BCUT2D eigenvalue weighted by Gasteiger charge is 2.28. The van der Waals surface area contributed by atoms with Crippen molar-refractivity contribution >= 4 is 23.2 Å². The Morgan fingerprint density at radius 3 is 2.42 bits per heavy atom. The van der Waals surface area contributed by atoms with Crippen LogP contribution in [0.4, 0.5) is 4.39 Å². The molecular formula is C42H35ClFN5O6. The zero-order valence-electron chi connectivity index (χ0n) is 30.1. The van der Waals surface area contributed by atoms with Gasteiger partial charge in [0.2, 0.25) is 6.10 Å². The van der Waals surface area contributed by atoms with E-state index in [1.54, 1.807) is 68.0 Å². The number of phenols is 1. The number of aromatic nitrogens is 5. The van der Waals surface area contributed by atoms with Gasteiger partial charge >= 0.3 is 12.0 Å². The van der Waals surface area contributed by atoms with Crippen LogP contribution in [0.2, 0.25) is 5.02 Å². The summed E-state index contributed by atoms with van der Waals surface area (Å²) in [5.41, 5.74) is 5.26. The summed E-state index contributed by atoms with van der Waals surface area (Å²) in [5, 5.41) is 10.5. The number of carbonyl (C=O) groups excluding carboxylic acids is 1. The summed E-state index contributed by atoms with van der Waals surface area (Å²) in [7, 11) is 1.60. The lowest BCUT2D eigenvalue weighted by Gasteiger charge is -2.20. The second kappa shape index (κ2) is 16.2. The topological polar surface area (TPSA) is 130 Å². The van der Waals surface area contributed by atoms with Crippen molar-refractivity contribution in [2.75, 3.05) is 13.7 Å². The van der Waals surface area contributed by atoms with Gasteiger partial charge in [-0.15, -0.1) is 0 Å². The Morgan fingerprint density at radius 2 is 1.64 bits per heavy atom. The van der Waals surface area contributed by atoms with Crippen molar-refractivity contribution in [2.24, 2.45) is 0 Å². The largest absolute Gasteiger partial charge is 0.506 e. The molecule has 0 bridgehead atoms. The highest BCUT2D eigenvalue weighted by atomic mass is 35.5. The Morgan fingerprint density at radius 1 is 0.891 bits per heavy atom. The van der Waals surface area contributed by atoms with Gasteiger partial charge in [0.25, 0.3) is 0 Å². The van der Waals surface area contributed by atoms with Gasteiger partial charge in [0.05, 0.1) is 41.4 Å². The zero-order valence-corrected chi connectivity index (χ0v) is 30.8. The first-order chi connectivity index (χ1) is 26.7. The average Bonchev–Trinajstić information content (AvgIpc) is 3.60. The molecule has 0 aliphatic rings. The van der Waals surface area contributed by atoms with Crippen LogP contribution in [0, 0.1) is 12.7 Å². The summed E-state index contributed by atoms with van der Waals surface area (Å²) in [6, 6.07) is 27.4. The fraction of sp³-hybridized carbons (Fsp3) is 0.167. The number of hydrogen-bond acceptors (Lipinski definition) is 10. The minimum Gasteiger partial charge on any atom is -0.506 e. The third-order valence-electron chi connectivity index (χ3n) is 8.85. The van der Waals surface area contributed by atoms with E-state index in [0.29, 0.717) is 62.3 Å². The van der Waals surface area contributed by atoms with Crippen LogP contribution in [0.5, 0.6) is 23.3 Å². The number of hydrogen-bond donors (Lipinski definition) is 1. The van der Waals surface area contributed by atoms with Gasteiger partial charge in [0, 0.05) is 29.9 Å². The number of para-hydroxylation sites is 2. The molecule has 7 rings (SSSR count). The minimum atomic E-state index is -1.17. The third-order valence-corrected chi connectivity index (χ3v) is 9.33. The lowest BCUT2D eigenvalue weighted by atomic mass is 10.0. The third kappa shape index (κ3) is 7.76. The molecule has 13 heteroatoms. The Labute approximate surface area is 321 Å². The van der Waals surface area contributed by atoms with Crippen molar-refractivity contribution in [3.8, 4) is 57.2 Å². The Balaban J connectivity index is 1.24. The van der Waals surface area contributed by atoms with E-state index in [1.165, 1.54) is 24.4 Å². The molecule has 11 nitrogen and oxygen atoms in total. The smallest absolute Gasteiger partial charge is 0.347 e. The number of halogens is 2. The van der Waals surface area contributed by atoms with Gasteiger partial charge < -0.3 is 24.1 Å². The standard InChI is InChI=1S/C42H35ClFN5O6/c1-4-53-41(51)35(23-27-9-5-7-11-33(27)54-24-29-19-21-45-40(47-29)31-10-6-8-12-34(31)52-3)55-42-46-22-20-36-48-38(26-13-15-28(44)16-14-26)39(49(36)42)30-17-18-32(50)37(43)25(30)2/h5-22,35,50H,4,23-24H2,1-3H3/t35-/m1/s1. The number of aromatic hydroxyl groups is 1. The van der Waals surface area contributed by atoms with Crippen molar-refractivity contribution in [2.45, 2.75) is 33.0 Å². The van der Waals surface area contributed by atoms with Crippen LogP contribution in [-0.2, 0) is 22.6 Å². The molecule has 0 unspecified atom stereocenters.